The lowest BCUT2D eigenvalue weighted by atomic mass is 9.82. The van der Waals surface area contributed by atoms with Crippen molar-refractivity contribution in [2.75, 3.05) is 17.4 Å². The smallest absolute Gasteiger partial charge is 0.243 e. The van der Waals surface area contributed by atoms with Crippen LogP contribution in [0.3, 0.4) is 0 Å². The highest BCUT2D eigenvalue weighted by atomic mass is 35.5. The van der Waals surface area contributed by atoms with E-state index in [2.05, 4.69) is 40.2 Å². The molecule has 33 heavy (non-hydrogen) atoms. The summed E-state index contributed by atoms with van der Waals surface area (Å²) in [4.78, 5) is -0.570. The first-order valence-corrected chi connectivity index (χ1v) is 12.4. The summed E-state index contributed by atoms with van der Waals surface area (Å²) in [5, 5.41) is 21.8. The van der Waals surface area contributed by atoms with Crippen molar-refractivity contribution in [3.63, 3.8) is 0 Å². The van der Waals surface area contributed by atoms with E-state index in [4.69, 9.17) is 26.2 Å². The number of ether oxygens (including phenoxy) is 2. The Hall–Kier alpha value is -2.80. The molecular formula is C20H22ClN5O5S2. The van der Waals surface area contributed by atoms with Crippen molar-refractivity contribution in [2.45, 2.75) is 31.7 Å². The number of benzene rings is 2. The molecule has 0 unspecified atom stereocenters. The van der Waals surface area contributed by atoms with Crippen LogP contribution in [0.2, 0.25) is 5.02 Å². The molecule has 5 N–H and O–H groups in total. The van der Waals surface area contributed by atoms with Crippen LogP contribution in [0.1, 0.15) is 32.4 Å². The van der Waals surface area contributed by atoms with Gasteiger partial charge in [-0.25, -0.2) is 13.6 Å². The number of nitrogens with two attached hydrogens (primary N) is 1. The molecule has 0 saturated carbocycles. The van der Waals surface area contributed by atoms with Gasteiger partial charge >= 0.3 is 0 Å². The maximum Gasteiger partial charge on any atom is 0.243 e. The van der Waals surface area contributed by atoms with Crippen LogP contribution in [0, 0.1) is 5.41 Å². The average molecular weight is 512 g/mol. The molecule has 0 spiro atoms. The van der Waals surface area contributed by atoms with Crippen LogP contribution in [-0.4, -0.2) is 29.1 Å². The minimum atomic E-state index is -4.25. The van der Waals surface area contributed by atoms with Gasteiger partial charge in [-0.15, -0.1) is 0 Å². The Bertz CT molecular complexity index is 1310. The predicted octanol–water partition coefficient (Wildman–Crippen LogP) is 4.22. The van der Waals surface area contributed by atoms with E-state index >= 15 is 0 Å². The number of aromatic hydroxyl groups is 1. The molecule has 0 aliphatic carbocycles. The van der Waals surface area contributed by atoms with E-state index in [-0.39, 0.29) is 29.0 Å². The van der Waals surface area contributed by atoms with Gasteiger partial charge in [0.1, 0.15) is 4.90 Å². The monoisotopic (exact) mass is 511 g/mol. The largest absolute Gasteiger partial charge is 0.504 e. The second kappa shape index (κ2) is 8.52. The van der Waals surface area contributed by atoms with E-state index in [1.165, 1.54) is 12.1 Å². The summed E-state index contributed by atoms with van der Waals surface area (Å²) in [6.07, 6.45) is 0. The van der Waals surface area contributed by atoms with Crippen molar-refractivity contribution >= 4 is 50.7 Å². The number of hydrogen-bond acceptors (Lipinski definition) is 10. The number of nitrogens with one attached hydrogen (secondary N) is 2. The summed E-state index contributed by atoms with van der Waals surface area (Å²) in [7, 11) is -4.25. The average Bonchev–Trinajstić information content (AvgIpc) is 3.35. The molecule has 10 nitrogen and oxygen atoms in total. The first-order valence-electron chi connectivity index (χ1n) is 9.75. The quantitative estimate of drug-likeness (QED) is 0.357. The number of primary sulfonamides is 1. The van der Waals surface area contributed by atoms with Crippen molar-refractivity contribution < 1.29 is 23.0 Å². The number of fused-ring (bicyclic) bond motifs is 1. The Morgan fingerprint density at radius 1 is 1.15 bits per heavy atom. The molecule has 1 aromatic heterocycles. The zero-order valence-corrected chi connectivity index (χ0v) is 20.3. The SMILES string of the molecule is CC(C)(C)[C@@H](Nc1nsnc1Nc1ccc(Cl)c(S(N)(=O)=O)c1O)c1ccc2c(c1)OCO2. The summed E-state index contributed by atoms with van der Waals surface area (Å²) in [5.41, 5.74) is 0.781. The summed E-state index contributed by atoms with van der Waals surface area (Å²) >= 11 is 6.87. The zero-order valence-electron chi connectivity index (χ0n) is 17.9. The number of phenols is 1. The fraction of sp³-hybridized carbons (Fsp3) is 0.300. The second-order valence-corrected chi connectivity index (χ2v) is 10.9. The minimum absolute atomic E-state index is 0.0644. The van der Waals surface area contributed by atoms with Gasteiger partial charge in [-0.2, -0.15) is 8.75 Å². The molecule has 1 aliphatic heterocycles. The summed E-state index contributed by atoms with van der Waals surface area (Å²) < 4.78 is 43.2. The fourth-order valence-corrected chi connectivity index (χ4v) is 5.11. The van der Waals surface area contributed by atoms with Crippen LogP contribution in [-0.2, 0) is 10.0 Å². The fourth-order valence-electron chi connectivity index (χ4n) is 3.44. The molecule has 0 fully saturated rings. The Kier molecular flexibility index (Phi) is 6.03. The Morgan fingerprint density at radius 3 is 2.55 bits per heavy atom. The van der Waals surface area contributed by atoms with Crippen LogP contribution < -0.4 is 25.2 Å². The molecule has 0 bridgehead atoms. The molecule has 3 aromatic rings. The maximum absolute atomic E-state index is 11.8. The predicted molar refractivity (Wildman–Crippen MR) is 126 cm³/mol. The van der Waals surface area contributed by atoms with Gasteiger partial charge in [0.05, 0.1) is 28.5 Å². The lowest BCUT2D eigenvalue weighted by Crippen LogP contribution is -2.26. The number of nitrogens with zero attached hydrogens (tertiary/aromatic N) is 2. The van der Waals surface area contributed by atoms with Crippen molar-refractivity contribution in [1.29, 1.82) is 0 Å². The van der Waals surface area contributed by atoms with Crippen molar-refractivity contribution in [1.82, 2.24) is 8.75 Å². The molecule has 2 aromatic carbocycles. The Balaban J connectivity index is 1.66. The van der Waals surface area contributed by atoms with Gasteiger partial charge in [0.2, 0.25) is 16.8 Å². The van der Waals surface area contributed by atoms with Crippen LogP contribution in [0.25, 0.3) is 0 Å². The third kappa shape index (κ3) is 4.78. The number of rotatable bonds is 6. The van der Waals surface area contributed by atoms with E-state index < -0.39 is 20.7 Å². The molecule has 13 heteroatoms. The van der Waals surface area contributed by atoms with Gasteiger partial charge in [-0.05, 0) is 35.2 Å². The number of hydrogen-bond donors (Lipinski definition) is 4. The second-order valence-electron chi connectivity index (χ2n) is 8.46. The molecule has 1 atom stereocenters. The molecule has 1 aliphatic rings. The van der Waals surface area contributed by atoms with Crippen LogP contribution in [0.5, 0.6) is 17.2 Å². The third-order valence-electron chi connectivity index (χ3n) is 4.99. The van der Waals surface area contributed by atoms with E-state index in [0.29, 0.717) is 23.1 Å². The molecule has 0 radical (unpaired) electrons. The Morgan fingerprint density at radius 2 is 1.85 bits per heavy atom. The lowest BCUT2D eigenvalue weighted by molar-refractivity contribution is 0.174. The van der Waals surface area contributed by atoms with E-state index in [1.807, 2.05) is 18.2 Å². The summed E-state index contributed by atoms with van der Waals surface area (Å²) in [6, 6.07) is 8.27. The number of anilines is 3. The molecular weight excluding hydrogens is 490 g/mol. The first-order chi connectivity index (χ1) is 15.4. The van der Waals surface area contributed by atoms with E-state index in [1.54, 1.807) is 0 Å². The van der Waals surface area contributed by atoms with Gasteiger partial charge in [-0.1, -0.05) is 38.4 Å². The van der Waals surface area contributed by atoms with Gasteiger partial charge < -0.3 is 25.2 Å². The highest BCUT2D eigenvalue weighted by molar-refractivity contribution is 7.89. The number of sulfonamides is 1. The van der Waals surface area contributed by atoms with Gasteiger partial charge in [0.15, 0.2) is 28.9 Å². The number of aromatic nitrogens is 2. The molecule has 176 valence electrons. The van der Waals surface area contributed by atoms with Crippen molar-refractivity contribution in [3.8, 4) is 17.2 Å². The van der Waals surface area contributed by atoms with Crippen LogP contribution in [0.15, 0.2) is 35.2 Å². The number of halogens is 1. The van der Waals surface area contributed by atoms with Gasteiger partial charge in [-0.3, -0.25) is 0 Å². The van der Waals surface area contributed by atoms with Crippen molar-refractivity contribution in [3.05, 3.63) is 40.9 Å². The van der Waals surface area contributed by atoms with Crippen LogP contribution in [0.4, 0.5) is 17.3 Å². The highest BCUT2D eigenvalue weighted by Gasteiger charge is 2.30. The van der Waals surface area contributed by atoms with E-state index in [0.717, 1.165) is 17.3 Å². The third-order valence-corrected chi connectivity index (χ3v) is 6.92. The van der Waals surface area contributed by atoms with Crippen LogP contribution >= 0.6 is 23.3 Å². The zero-order chi connectivity index (χ0) is 24.0. The first kappa shape index (κ1) is 23.4. The normalized spacial score (nSPS) is 14.2. The summed E-state index contributed by atoms with van der Waals surface area (Å²) in [6.45, 7) is 6.41. The van der Waals surface area contributed by atoms with Gasteiger partial charge in [0.25, 0.3) is 0 Å². The van der Waals surface area contributed by atoms with E-state index in [9.17, 15) is 13.5 Å². The maximum atomic E-state index is 11.8. The topological polar surface area (TPSA) is 149 Å². The molecule has 0 amide bonds. The molecule has 2 heterocycles. The Labute approximate surface area is 200 Å². The van der Waals surface area contributed by atoms with Crippen molar-refractivity contribution in [2.24, 2.45) is 10.6 Å². The lowest BCUT2D eigenvalue weighted by Gasteiger charge is -2.32. The molecule has 4 rings (SSSR count). The summed E-state index contributed by atoms with van der Waals surface area (Å²) in [5.74, 6) is 1.47. The minimum Gasteiger partial charge on any atom is -0.504 e. The standard InChI is InChI=1S/C20H22ClN5O5S2/c1-20(2,3)17(10-4-7-13-14(8-10)31-9-30-13)24-19-18(25-32-26-19)23-12-6-5-11(21)16(15(12)27)33(22,28)29/h4-8,17,27H,9H2,1-3H3,(H,23,25)(H,24,26)(H2,22,28,29)/t17-/m0/s1. The van der Waals surface area contributed by atoms with Gasteiger partial charge in [0, 0.05) is 0 Å². The molecule has 0 saturated heterocycles. The highest BCUT2D eigenvalue weighted by Crippen LogP contribution is 2.43. The number of phenolic OH excluding ortho intramolecular Hbond substituents is 1.